The summed E-state index contributed by atoms with van der Waals surface area (Å²) >= 11 is 0. The molecule has 0 fully saturated rings. The first kappa shape index (κ1) is 34.0. The van der Waals surface area contributed by atoms with Crippen molar-refractivity contribution in [2.75, 3.05) is 6.54 Å². The van der Waals surface area contributed by atoms with E-state index in [1.54, 1.807) is 6.20 Å². The highest BCUT2D eigenvalue weighted by Gasteiger charge is 2.31. The lowest BCUT2D eigenvalue weighted by Crippen LogP contribution is -2.58. The van der Waals surface area contributed by atoms with Crippen LogP contribution in [0.4, 0.5) is 0 Å². The van der Waals surface area contributed by atoms with Gasteiger partial charge in [-0.25, -0.2) is 9.78 Å². The van der Waals surface area contributed by atoms with Crippen molar-refractivity contribution in [1.29, 1.82) is 0 Å². The Bertz CT molecular complexity index is 1500. The van der Waals surface area contributed by atoms with Crippen molar-refractivity contribution in [3.05, 3.63) is 54.2 Å². The number of benzene rings is 1. The number of nitrogens with zero attached hydrogens (tertiary/aromatic N) is 2. The van der Waals surface area contributed by atoms with Crippen LogP contribution in [0.25, 0.3) is 10.9 Å². The predicted octanol–water partition coefficient (Wildman–Crippen LogP) is -1.54. The molecule has 2 heterocycles. The molecule has 3 amide bonds. The van der Waals surface area contributed by atoms with Gasteiger partial charge in [0.15, 0.2) is 5.96 Å². The minimum atomic E-state index is -1.52. The highest BCUT2D eigenvalue weighted by molar-refractivity contribution is 5.95. The molecule has 0 saturated carbocycles. The Hall–Kier alpha value is -5.45. The van der Waals surface area contributed by atoms with Crippen molar-refractivity contribution < 1.29 is 34.2 Å². The monoisotopic (exact) mass is 626 g/mol. The summed E-state index contributed by atoms with van der Waals surface area (Å²) in [6.45, 7) is 0.261. The lowest BCUT2D eigenvalue weighted by atomic mass is 10.0. The van der Waals surface area contributed by atoms with Crippen LogP contribution < -0.4 is 33.2 Å². The number of aromatic nitrogens is 3. The standard InChI is InChI=1S/C28H38N10O7/c29-18(5-3-9-33-28(30)31)24(41)37-21(10-15-12-34-19-6-2-1-4-17(15)19)25(42)38-22(11-16-13-32-14-35-16)26(43)36-20(27(44)45)7-8-23(39)40/h1-2,4,6,12-14,18,20-22,34H,3,5,7-11,29H2,(H,32,35)(H,36,43)(H,37,41)(H,38,42)(H,39,40)(H,44,45)(H4,30,31,33). The van der Waals surface area contributed by atoms with Crippen LogP contribution in [-0.4, -0.2) is 91.5 Å². The number of hydrogen-bond donors (Lipinski definition) is 10. The number of carbonyl (C=O) groups excluding carboxylic acids is 3. The van der Waals surface area contributed by atoms with Gasteiger partial charge in [0.25, 0.3) is 0 Å². The van der Waals surface area contributed by atoms with Gasteiger partial charge in [0.05, 0.1) is 12.4 Å². The van der Waals surface area contributed by atoms with Crippen LogP contribution >= 0.6 is 0 Å². The highest BCUT2D eigenvalue weighted by Crippen LogP contribution is 2.19. The van der Waals surface area contributed by atoms with Gasteiger partial charge in [0, 0.05) is 54.8 Å². The van der Waals surface area contributed by atoms with E-state index in [0.29, 0.717) is 17.7 Å². The van der Waals surface area contributed by atoms with E-state index in [2.05, 4.69) is 35.9 Å². The van der Waals surface area contributed by atoms with E-state index in [9.17, 15) is 29.1 Å². The smallest absolute Gasteiger partial charge is 0.326 e. The normalized spacial score (nSPS) is 13.6. The summed E-state index contributed by atoms with van der Waals surface area (Å²) < 4.78 is 0. The second-order valence-electron chi connectivity index (χ2n) is 10.4. The molecular weight excluding hydrogens is 588 g/mol. The average Bonchev–Trinajstić information content (AvgIpc) is 3.66. The van der Waals surface area contributed by atoms with Gasteiger partial charge in [-0.15, -0.1) is 0 Å². The van der Waals surface area contributed by atoms with Gasteiger partial charge < -0.3 is 53.3 Å². The van der Waals surface area contributed by atoms with Gasteiger partial charge in [0.1, 0.15) is 18.1 Å². The van der Waals surface area contributed by atoms with Crippen molar-refractivity contribution in [1.82, 2.24) is 30.9 Å². The topological polar surface area (TPSA) is 297 Å². The van der Waals surface area contributed by atoms with Crippen LogP contribution in [0, 0.1) is 0 Å². The summed E-state index contributed by atoms with van der Waals surface area (Å²) in [5.41, 5.74) is 18.7. The van der Waals surface area contributed by atoms with E-state index >= 15 is 0 Å². The van der Waals surface area contributed by atoms with E-state index in [1.165, 1.54) is 12.5 Å². The first-order valence-electron chi connectivity index (χ1n) is 14.1. The maximum absolute atomic E-state index is 13.8. The number of amides is 3. The van der Waals surface area contributed by atoms with Gasteiger partial charge in [-0.1, -0.05) is 18.2 Å². The number of nitrogens with one attached hydrogen (secondary N) is 5. The quantitative estimate of drug-likeness (QED) is 0.0438. The van der Waals surface area contributed by atoms with Crippen LogP contribution in [0.1, 0.15) is 36.9 Å². The number of hydrogen-bond acceptors (Lipinski definition) is 8. The maximum atomic E-state index is 13.8. The van der Waals surface area contributed by atoms with Crippen molar-refractivity contribution in [3.63, 3.8) is 0 Å². The largest absolute Gasteiger partial charge is 0.481 e. The average molecular weight is 627 g/mol. The number of aromatic amines is 2. The fraction of sp³-hybridized carbons (Fsp3) is 0.393. The lowest BCUT2D eigenvalue weighted by molar-refractivity contribution is -0.143. The van der Waals surface area contributed by atoms with Crippen molar-refractivity contribution in [2.45, 2.75) is 62.7 Å². The second-order valence-corrected chi connectivity index (χ2v) is 10.4. The Morgan fingerprint density at radius 1 is 0.889 bits per heavy atom. The summed E-state index contributed by atoms with van der Waals surface area (Å²) in [7, 11) is 0. The van der Waals surface area contributed by atoms with Crippen LogP contribution in [0.3, 0.4) is 0 Å². The summed E-state index contributed by atoms with van der Waals surface area (Å²) in [6, 6.07) is 2.35. The summed E-state index contributed by atoms with van der Waals surface area (Å²) in [5.74, 6) is -4.98. The molecule has 17 nitrogen and oxygen atoms in total. The van der Waals surface area contributed by atoms with Crippen LogP contribution in [-0.2, 0) is 36.8 Å². The third-order valence-electron chi connectivity index (χ3n) is 6.91. The van der Waals surface area contributed by atoms with Gasteiger partial charge >= 0.3 is 11.9 Å². The van der Waals surface area contributed by atoms with E-state index in [-0.39, 0.29) is 38.2 Å². The third kappa shape index (κ3) is 10.6. The lowest BCUT2D eigenvalue weighted by Gasteiger charge is -2.25. The third-order valence-corrected chi connectivity index (χ3v) is 6.91. The molecule has 3 rings (SSSR count). The summed E-state index contributed by atoms with van der Waals surface area (Å²) in [6.07, 6.45) is 4.18. The zero-order valence-corrected chi connectivity index (χ0v) is 24.4. The highest BCUT2D eigenvalue weighted by atomic mass is 16.4. The molecule has 13 N–H and O–H groups in total. The summed E-state index contributed by atoms with van der Waals surface area (Å²) in [4.78, 5) is 76.6. The van der Waals surface area contributed by atoms with E-state index in [4.69, 9.17) is 22.3 Å². The van der Waals surface area contributed by atoms with Crippen molar-refractivity contribution in [2.24, 2.45) is 22.2 Å². The van der Waals surface area contributed by atoms with E-state index in [0.717, 1.165) is 10.9 Å². The molecule has 0 radical (unpaired) electrons. The Kier molecular flexibility index (Phi) is 12.4. The van der Waals surface area contributed by atoms with Gasteiger partial charge in [-0.2, -0.15) is 0 Å². The number of rotatable bonds is 18. The number of H-pyrrole nitrogens is 2. The van der Waals surface area contributed by atoms with Crippen LogP contribution in [0.5, 0.6) is 0 Å². The van der Waals surface area contributed by atoms with Crippen molar-refractivity contribution >= 4 is 46.5 Å². The molecule has 242 valence electrons. The molecule has 4 atom stereocenters. The number of carboxylic acid groups (broad SMARTS) is 2. The molecule has 4 unspecified atom stereocenters. The fourth-order valence-electron chi connectivity index (χ4n) is 4.55. The molecule has 17 heteroatoms. The van der Waals surface area contributed by atoms with Gasteiger partial charge in [0.2, 0.25) is 17.7 Å². The zero-order valence-electron chi connectivity index (χ0n) is 24.4. The Morgan fingerprint density at radius 2 is 1.56 bits per heavy atom. The Morgan fingerprint density at radius 3 is 2.20 bits per heavy atom. The minimum absolute atomic E-state index is 0.0249. The predicted molar refractivity (Wildman–Crippen MR) is 162 cm³/mol. The number of aliphatic carboxylic acids is 2. The number of fused-ring (bicyclic) bond motifs is 1. The number of imidazole rings is 1. The van der Waals surface area contributed by atoms with Crippen LogP contribution in [0.2, 0.25) is 0 Å². The van der Waals surface area contributed by atoms with E-state index in [1.807, 2.05) is 24.3 Å². The number of aliphatic imine (C=N–C) groups is 1. The molecule has 0 saturated heterocycles. The number of para-hydroxylation sites is 1. The molecule has 45 heavy (non-hydrogen) atoms. The van der Waals surface area contributed by atoms with Crippen molar-refractivity contribution in [3.8, 4) is 0 Å². The minimum Gasteiger partial charge on any atom is -0.481 e. The first-order valence-corrected chi connectivity index (χ1v) is 14.1. The number of guanidine groups is 1. The number of nitrogens with two attached hydrogens (primary N) is 3. The second kappa shape index (κ2) is 16.4. The molecular formula is C28H38N10O7. The molecule has 0 spiro atoms. The maximum Gasteiger partial charge on any atom is 0.326 e. The molecule has 0 aliphatic heterocycles. The first-order chi connectivity index (χ1) is 21.4. The zero-order chi connectivity index (χ0) is 32.9. The molecule has 0 aliphatic rings. The fourth-order valence-corrected chi connectivity index (χ4v) is 4.55. The Balaban J connectivity index is 1.83. The molecule has 1 aromatic carbocycles. The summed E-state index contributed by atoms with van der Waals surface area (Å²) in [5, 5.41) is 26.9. The molecule has 2 aromatic heterocycles. The van der Waals surface area contributed by atoms with Gasteiger partial charge in [-0.05, 0) is 30.9 Å². The number of carbonyl (C=O) groups is 5. The van der Waals surface area contributed by atoms with Gasteiger partial charge in [-0.3, -0.25) is 24.2 Å². The molecule has 3 aromatic rings. The van der Waals surface area contributed by atoms with Crippen LogP contribution in [0.15, 0.2) is 48.0 Å². The molecule has 0 aliphatic carbocycles. The Labute approximate surface area is 257 Å². The number of carboxylic acids is 2. The molecule has 0 bridgehead atoms. The van der Waals surface area contributed by atoms with E-state index < -0.39 is 60.2 Å². The SMILES string of the molecule is NC(N)=NCCCC(N)C(=O)NC(Cc1c[nH]c2ccccc12)C(=O)NC(Cc1cnc[nH]1)C(=O)NC(CCC(=O)O)C(=O)O.